The summed E-state index contributed by atoms with van der Waals surface area (Å²) in [6, 6.07) is 17.9. The predicted molar refractivity (Wildman–Crippen MR) is 105 cm³/mol. The van der Waals surface area contributed by atoms with Crippen molar-refractivity contribution in [3.8, 4) is 0 Å². The Balaban J connectivity index is 1.32. The van der Waals surface area contributed by atoms with E-state index in [1.54, 1.807) is 24.3 Å². The summed E-state index contributed by atoms with van der Waals surface area (Å²) in [6.07, 6.45) is 6.49. The predicted octanol–water partition coefficient (Wildman–Crippen LogP) is 6.40. The van der Waals surface area contributed by atoms with Crippen molar-refractivity contribution in [1.29, 1.82) is 0 Å². The van der Waals surface area contributed by atoms with Crippen molar-refractivity contribution in [3.63, 3.8) is 0 Å². The minimum absolute atomic E-state index is 0.0477. The molecule has 2 aromatic carbocycles. The molecule has 0 aromatic heterocycles. The molecule has 0 bridgehead atoms. The van der Waals surface area contributed by atoms with E-state index in [4.69, 9.17) is 16.3 Å². The van der Waals surface area contributed by atoms with E-state index in [1.165, 1.54) is 24.8 Å². The molecule has 4 rings (SSSR count). The average Bonchev–Trinajstić information content (AvgIpc) is 2.68. The monoisotopic (exact) mass is 369 g/mol. The number of benzene rings is 2. The lowest BCUT2D eigenvalue weighted by Crippen LogP contribution is -2.49. The summed E-state index contributed by atoms with van der Waals surface area (Å²) in [7, 11) is 0. The summed E-state index contributed by atoms with van der Waals surface area (Å²) in [5.74, 6) is 0.644. The Hall–Kier alpha value is -2.00. The molecule has 2 saturated carbocycles. The number of ether oxygens (including phenoxy) is 1. The second kappa shape index (κ2) is 7.32. The topological polar surface area (TPSA) is 38.3 Å². The van der Waals surface area contributed by atoms with Gasteiger partial charge in [-0.3, -0.25) is 5.32 Å². The molecule has 2 aliphatic rings. The maximum Gasteiger partial charge on any atom is 0.411 e. The highest BCUT2D eigenvalue weighted by Crippen LogP contribution is 2.55. The molecule has 2 fully saturated rings. The van der Waals surface area contributed by atoms with Crippen LogP contribution in [0.1, 0.15) is 50.0 Å². The molecular weight excluding hydrogens is 346 g/mol. The zero-order valence-corrected chi connectivity index (χ0v) is 15.5. The highest BCUT2D eigenvalue weighted by atomic mass is 35.5. The Morgan fingerprint density at radius 3 is 2.23 bits per heavy atom. The van der Waals surface area contributed by atoms with Crippen LogP contribution in [0.3, 0.4) is 0 Å². The third-order valence-corrected chi connectivity index (χ3v) is 6.43. The van der Waals surface area contributed by atoms with E-state index in [2.05, 4.69) is 35.6 Å². The van der Waals surface area contributed by atoms with Crippen LogP contribution in [0.2, 0.25) is 5.02 Å². The van der Waals surface area contributed by atoms with Gasteiger partial charge in [-0.25, -0.2) is 4.79 Å². The molecule has 1 spiro atoms. The average molecular weight is 370 g/mol. The van der Waals surface area contributed by atoms with Crippen LogP contribution in [0.15, 0.2) is 54.6 Å². The fourth-order valence-corrected chi connectivity index (χ4v) is 4.61. The lowest BCUT2D eigenvalue weighted by atomic mass is 9.56. The third kappa shape index (κ3) is 3.59. The molecule has 2 aromatic rings. The second-order valence-corrected chi connectivity index (χ2v) is 8.05. The number of nitrogens with one attached hydrogen (secondary N) is 1. The highest BCUT2D eigenvalue weighted by Gasteiger charge is 2.50. The van der Waals surface area contributed by atoms with Crippen molar-refractivity contribution in [2.75, 3.05) is 5.32 Å². The van der Waals surface area contributed by atoms with Gasteiger partial charge in [-0.2, -0.15) is 0 Å². The summed E-state index contributed by atoms with van der Waals surface area (Å²) < 4.78 is 5.77. The largest absolute Gasteiger partial charge is 0.445 e. The first-order valence-corrected chi connectivity index (χ1v) is 9.81. The van der Waals surface area contributed by atoms with Crippen LogP contribution < -0.4 is 5.32 Å². The van der Waals surface area contributed by atoms with Gasteiger partial charge in [0.2, 0.25) is 0 Å². The molecular formula is C22H24ClNO2. The molecule has 1 atom stereocenters. The molecule has 26 heavy (non-hydrogen) atoms. The zero-order valence-electron chi connectivity index (χ0n) is 14.8. The number of anilines is 1. The number of hydrogen-bond acceptors (Lipinski definition) is 2. The van der Waals surface area contributed by atoms with E-state index in [0.717, 1.165) is 19.3 Å². The number of carbonyl (C=O) groups is 1. The van der Waals surface area contributed by atoms with E-state index in [-0.39, 0.29) is 17.6 Å². The van der Waals surface area contributed by atoms with Crippen LogP contribution in [0, 0.1) is 5.41 Å². The van der Waals surface area contributed by atoms with Crippen molar-refractivity contribution >= 4 is 23.4 Å². The van der Waals surface area contributed by atoms with Crippen molar-refractivity contribution in [1.82, 2.24) is 0 Å². The van der Waals surface area contributed by atoms with E-state index in [1.807, 2.05) is 0 Å². The molecule has 0 heterocycles. The third-order valence-electron chi connectivity index (χ3n) is 6.18. The number of amides is 1. The standard InChI is InChI=1S/C22H24ClNO2/c23-18-6-8-19(9-7-18)24-21(25)26-20-12-15-22(20)13-10-17(11-14-22)16-4-2-1-3-5-16/h1-9,17,20H,10-15H2,(H,24,25). The molecule has 0 aliphatic heterocycles. The Morgan fingerprint density at radius 1 is 0.962 bits per heavy atom. The highest BCUT2D eigenvalue weighted by molar-refractivity contribution is 6.30. The van der Waals surface area contributed by atoms with Gasteiger partial charge in [0, 0.05) is 16.1 Å². The van der Waals surface area contributed by atoms with Gasteiger partial charge in [0.25, 0.3) is 0 Å². The van der Waals surface area contributed by atoms with Gasteiger partial charge in [0.05, 0.1) is 0 Å². The summed E-state index contributed by atoms with van der Waals surface area (Å²) in [5.41, 5.74) is 2.35. The molecule has 136 valence electrons. The number of halogens is 1. The van der Waals surface area contributed by atoms with Gasteiger partial charge in [0.1, 0.15) is 6.10 Å². The van der Waals surface area contributed by atoms with Crippen LogP contribution in [-0.2, 0) is 4.74 Å². The number of carbonyl (C=O) groups excluding carboxylic acids is 1. The van der Waals surface area contributed by atoms with Gasteiger partial charge in [-0.05, 0) is 74.3 Å². The minimum Gasteiger partial charge on any atom is -0.445 e. The lowest BCUT2D eigenvalue weighted by molar-refractivity contribution is -0.0915. The molecule has 1 N–H and O–H groups in total. The normalized spacial score (nSPS) is 27.6. The summed E-state index contributed by atoms with van der Waals surface area (Å²) >= 11 is 5.87. The van der Waals surface area contributed by atoms with Crippen LogP contribution in [0.25, 0.3) is 0 Å². The SMILES string of the molecule is O=C(Nc1ccc(Cl)cc1)OC1CCC12CCC(c1ccccc1)CC2. The van der Waals surface area contributed by atoms with Gasteiger partial charge < -0.3 is 4.74 Å². The van der Waals surface area contributed by atoms with E-state index in [0.29, 0.717) is 16.6 Å². The number of rotatable bonds is 3. The Morgan fingerprint density at radius 2 is 1.62 bits per heavy atom. The summed E-state index contributed by atoms with van der Waals surface area (Å²) in [4.78, 5) is 12.2. The quantitative estimate of drug-likeness (QED) is 0.680. The maximum absolute atomic E-state index is 12.2. The molecule has 0 radical (unpaired) electrons. The van der Waals surface area contributed by atoms with Gasteiger partial charge in [0.15, 0.2) is 0 Å². The van der Waals surface area contributed by atoms with E-state index in [9.17, 15) is 4.79 Å². The van der Waals surface area contributed by atoms with Crippen LogP contribution in [0.5, 0.6) is 0 Å². The molecule has 1 amide bonds. The van der Waals surface area contributed by atoms with Gasteiger partial charge in [-0.15, -0.1) is 0 Å². The number of hydrogen-bond donors (Lipinski definition) is 1. The minimum atomic E-state index is -0.360. The first-order valence-electron chi connectivity index (χ1n) is 9.43. The summed E-state index contributed by atoms with van der Waals surface area (Å²) in [5, 5.41) is 3.46. The van der Waals surface area contributed by atoms with Gasteiger partial charge >= 0.3 is 6.09 Å². The van der Waals surface area contributed by atoms with Crippen LogP contribution in [0.4, 0.5) is 10.5 Å². The fourth-order valence-electron chi connectivity index (χ4n) is 4.49. The van der Waals surface area contributed by atoms with Crippen LogP contribution in [-0.4, -0.2) is 12.2 Å². The lowest BCUT2D eigenvalue weighted by Gasteiger charge is -2.52. The van der Waals surface area contributed by atoms with Crippen molar-refractivity contribution < 1.29 is 9.53 Å². The molecule has 3 nitrogen and oxygen atoms in total. The van der Waals surface area contributed by atoms with Gasteiger partial charge in [-0.1, -0.05) is 41.9 Å². The maximum atomic E-state index is 12.2. The van der Waals surface area contributed by atoms with E-state index >= 15 is 0 Å². The zero-order chi connectivity index (χ0) is 18.0. The van der Waals surface area contributed by atoms with Crippen molar-refractivity contribution in [2.45, 2.75) is 50.5 Å². The fraction of sp³-hybridized carbons (Fsp3) is 0.409. The molecule has 0 saturated heterocycles. The second-order valence-electron chi connectivity index (χ2n) is 7.61. The van der Waals surface area contributed by atoms with Crippen molar-refractivity contribution in [3.05, 3.63) is 65.2 Å². The summed E-state index contributed by atoms with van der Waals surface area (Å²) in [6.45, 7) is 0. The smallest absolute Gasteiger partial charge is 0.411 e. The molecule has 1 unspecified atom stereocenters. The molecule has 2 aliphatic carbocycles. The van der Waals surface area contributed by atoms with Crippen LogP contribution >= 0.6 is 11.6 Å². The van der Waals surface area contributed by atoms with E-state index < -0.39 is 0 Å². The Kier molecular flexibility index (Phi) is 4.90. The Labute approximate surface area is 159 Å². The first-order chi connectivity index (χ1) is 12.6. The first kappa shape index (κ1) is 17.4. The van der Waals surface area contributed by atoms with Crippen molar-refractivity contribution in [2.24, 2.45) is 5.41 Å². The Bertz CT molecular complexity index is 751. The molecule has 4 heteroatoms.